The molecule has 0 unspecified atom stereocenters. The Balaban J connectivity index is 3.70. The Morgan fingerprint density at radius 2 is 1.42 bits per heavy atom. The maximum Gasteiger partial charge on any atom is 0.390 e. The van der Waals surface area contributed by atoms with E-state index in [1.807, 2.05) is 0 Å². The Morgan fingerprint density at radius 1 is 0.947 bits per heavy atom. The lowest BCUT2D eigenvalue weighted by Crippen LogP contribution is -2.30. The van der Waals surface area contributed by atoms with Crippen molar-refractivity contribution in [3.63, 3.8) is 0 Å². The van der Waals surface area contributed by atoms with Gasteiger partial charge in [-0.2, -0.15) is 28.6 Å². The van der Waals surface area contributed by atoms with E-state index in [4.69, 9.17) is 3.87 Å². The van der Waals surface area contributed by atoms with Gasteiger partial charge in [-0.25, -0.2) is 4.18 Å². The first kappa shape index (κ1) is 19.3. The molecule has 0 bridgehead atoms. The van der Waals surface area contributed by atoms with E-state index in [2.05, 4.69) is 8.37 Å². The highest BCUT2D eigenvalue weighted by molar-refractivity contribution is 7.99. The summed E-state index contributed by atoms with van der Waals surface area (Å²) in [5.41, 5.74) is 0. The second-order valence-electron chi connectivity index (χ2n) is 4.56. The van der Waals surface area contributed by atoms with Crippen molar-refractivity contribution in [2.75, 3.05) is 31.0 Å². The van der Waals surface area contributed by atoms with Gasteiger partial charge in [0.25, 0.3) is 10.1 Å². The summed E-state index contributed by atoms with van der Waals surface area (Å²) >= 11 is 1.33. The number of hydrogen-bond acceptors (Lipinski definition) is 8. The molecule has 116 valence electrons. The monoisotopic (exact) mass is 352 g/mol. The van der Waals surface area contributed by atoms with Crippen LogP contribution in [0.2, 0.25) is 19.6 Å². The molecule has 0 N–H and O–H groups in total. The molecule has 0 aromatic carbocycles. The van der Waals surface area contributed by atoms with Crippen LogP contribution in [0.25, 0.3) is 0 Å². The van der Waals surface area contributed by atoms with Gasteiger partial charge in [0.1, 0.15) is 0 Å². The van der Waals surface area contributed by atoms with Crippen LogP contribution in [0, 0.1) is 0 Å². The first-order valence-electron chi connectivity index (χ1n) is 5.43. The van der Waals surface area contributed by atoms with Crippen LogP contribution in [-0.4, -0.2) is 56.1 Å². The van der Waals surface area contributed by atoms with Crippen molar-refractivity contribution in [3.05, 3.63) is 0 Å². The Bertz CT molecular complexity index is 451. The highest BCUT2D eigenvalue weighted by Crippen LogP contribution is 2.10. The molecule has 0 atom stereocenters. The fraction of sp³-hybridized carbons (Fsp3) is 1.00. The molecule has 19 heavy (non-hydrogen) atoms. The topological polar surface area (TPSA) is 96.0 Å². The van der Waals surface area contributed by atoms with Gasteiger partial charge in [-0.3, -0.25) is 8.06 Å². The van der Waals surface area contributed by atoms with Crippen LogP contribution in [0.4, 0.5) is 0 Å². The lowest BCUT2D eigenvalue weighted by Gasteiger charge is -2.15. The Kier molecular flexibility index (Phi) is 8.10. The molecule has 0 aliphatic carbocycles. The minimum absolute atomic E-state index is 0.0175. The van der Waals surface area contributed by atoms with Gasteiger partial charge >= 0.3 is 10.4 Å². The Hall–Kier alpha value is 0.347. The summed E-state index contributed by atoms with van der Waals surface area (Å²) in [6, 6.07) is 0. The van der Waals surface area contributed by atoms with Crippen molar-refractivity contribution in [3.8, 4) is 0 Å². The zero-order valence-corrected chi connectivity index (χ0v) is 14.9. The van der Waals surface area contributed by atoms with Crippen LogP contribution in [-0.2, 0) is 32.8 Å². The quantitative estimate of drug-likeness (QED) is 0.324. The summed E-state index contributed by atoms with van der Waals surface area (Å²) in [4.78, 5) is 0. The van der Waals surface area contributed by atoms with Crippen LogP contribution in [0.15, 0.2) is 0 Å². The van der Waals surface area contributed by atoms with Gasteiger partial charge in [0.15, 0.2) is 0 Å². The van der Waals surface area contributed by atoms with Gasteiger partial charge in [-0.1, -0.05) is 0 Å². The summed E-state index contributed by atoms with van der Waals surface area (Å²) in [5.74, 6) is 0.840. The highest BCUT2D eigenvalue weighted by atomic mass is 32.3. The smallest absolute Gasteiger partial charge is 0.294 e. The van der Waals surface area contributed by atoms with E-state index in [0.29, 0.717) is 11.5 Å². The van der Waals surface area contributed by atoms with E-state index in [9.17, 15) is 16.8 Å². The molecule has 0 saturated heterocycles. The molecule has 0 saturated carbocycles. The Morgan fingerprint density at radius 3 is 1.84 bits per heavy atom. The maximum atomic E-state index is 11.3. The Labute approximate surface area is 120 Å². The fourth-order valence-corrected chi connectivity index (χ4v) is 5.00. The summed E-state index contributed by atoms with van der Waals surface area (Å²) in [7, 11) is -9.55. The van der Waals surface area contributed by atoms with E-state index in [1.54, 1.807) is 19.6 Å². The third kappa shape index (κ3) is 14.6. The van der Waals surface area contributed by atoms with Crippen LogP contribution >= 0.6 is 11.8 Å². The normalized spacial score (nSPS) is 13.7. The van der Waals surface area contributed by atoms with Gasteiger partial charge in [0.2, 0.25) is 8.32 Å². The van der Waals surface area contributed by atoms with Crippen molar-refractivity contribution >= 4 is 40.6 Å². The number of rotatable bonds is 10. The van der Waals surface area contributed by atoms with E-state index in [-0.39, 0.29) is 13.2 Å². The largest absolute Gasteiger partial charge is 0.390 e. The average molecular weight is 353 g/mol. The van der Waals surface area contributed by atoms with Crippen molar-refractivity contribution in [2.45, 2.75) is 19.6 Å². The molecule has 11 heteroatoms. The van der Waals surface area contributed by atoms with Crippen LogP contribution < -0.4 is 0 Å². The summed E-state index contributed by atoms with van der Waals surface area (Å²) in [6.07, 6.45) is 0.973. The van der Waals surface area contributed by atoms with Gasteiger partial charge < -0.3 is 0 Å². The molecule has 0 aliphatic heterocycles. The van der Waals surface area contributed by atoms with E-state index in [0.717, 1.165) is 6.26 Å². The molecule has 0 heterocycles. The van der Waals surface area contributed by atoms with Crippen molar-refractivity contribution < 1.29 is 29.1 Å². The molecule has 0 spiro atoms. The molecule has 0 rings (SSSR count). The average Bonchev–Trinajstić information content (AvgIpc) is 2.10. The second kappa shape index (κ2) is 7.95. The molecule has 0 fully saturated rings. The molecule has 0 aromatic heterocycles. The van der Waals surface area contributed by atoms with Gasteiger partial charge in [-0.05, 0) is 19.6 Å². The fourth-order valence-electron chi connectivity index (χ4n) is 0.872. The maximum absolute atomic E-state index is 11.3. The molecule has 7 nitrogen and oxygen atoms in total. The van der Waals surface area contributed by atoms with Crippen molar-refractivity contribution in [1.82, 2.24) is 0 Å². The number of hydrogen-bond donors (Lipinski definition) is 0. The summed E-state index contributed by atoms with van der Waals surface area (Å²) < 4.78 is 58.0. The van der Waals surface area contributed by atoms with Crippen LogP contribution in [0.3, 0.4) is 0 Å². The van der Waals surface area contributed by atoms with Crippen LogP contribution in [0.1, 0.15) is 0 Å². The zero-order chi connectivity index (χ0) is 15.2. The van der Waals surface area contributed by atoms with Crippen molar-refractivity contribution in [2.24, 2.45) is 0 Å². The van der Waals surface area contributed by atoms with E-state index in [1.165, 1.54) is 11.8 Å². The minimum Gasteiger partial charge on any atom is -0.294 e. The molecule has 0 radical (unpaired) electrons. The lowest BCUT2D eigenvalue weighted by atomic mass is 10.9. The summed E-state index contributed by atoms with van der Waals surface area (Å²) in [5, 5.41) is 0. The molecule has 0 aromatic rings. The molecule has 0 aliphatic rings. The second-order valence-corrected chi connectivity index (χ2v) is 13.4. The van der Waals surface area contributed by atoms with Gasteiger partial charge in [-0.15, -0.1) is 0 Å². The van der Waals surface area contributed by atoms with Gasteiger partial charge in [0.05, 0.1) is 19.5 Å². The molecular weight excluding hydrogens is 332 g/mol. The first-order chi connectivity index (χ1) is 8.41. The lowest BCUT2D eigenvalue weighted by molar-refractivity contribution is 0.289. The van der Waals surface area contributed by atoms with Crippen LogP contribution in [0.5, 0.6) is 0 Å². The molecule has 0 amide bonds. The third-order valence-electron chi connectivity index (χ3n) is 1.33. The van der Waals surface area contributed by atoms with Gasteiger partial charge in [0, 0.05) is 11.5 Å². The standard InChI is InChI=1S/C8H20O7S3Si/c1-17(9,10)13-5-7-16-8-6-14-18(11,12)15-19(2,3)4/h5-8H2,1-4H3. The third-order valence-corrected chi connectivity index (χ3v) is 6.11. The predicted octanol–water partition coefficient (Wildman–Crippen LogP) is 0.809. The van der Waals surface area contributed by atoms with E-state index < -0.39 is 28.8 Å². The first-order valence-corrected chi connectivity index (χ1v) is 13.1. The van der Waals surface area contributed by atoms with E-state index >= 15 is 0 Å². The SMILES string of the molecule is C[Si](C)(C)OS(=O)(=O)OCCSCCOS(C)(=O)=O. The summed E-state index contributed by atoms with van der Waals surface area (Å²) in [6.45, 7) is 5.26. The predicted molar refractivity (Wildman–Crippen MR) is 77.4 cm³/mol. The van der Waals surface area contributed by atoms with Crippen molar-refractivity contribution in [1.29, 1.82) is 0 Å². The zero-order valence-electron chi connectivity index (χ0n) is 11.4. The highest BCUT2D eigenvalue weighted by Gasteiger charge is 2.24. The minimum atomic E-state index is -3.93. The number of thioether (sulfide) groups is 1. The molecular formula is C8H20O7S3Si.